The van der Waals surface area contributed by atoms with Crippen molar-refractivity contribution < 1.29 is 9.59 Å². The summed E-state index contributed by atoms with van der Waals surface area (Å²) in [7, 11) is 0. The van der Waals surface area contributed by atoms with Gasteiger partial charge in [-0.15, -0.1) is 0 Å². The average molecular weight is 663 g/mol. The number of carbonyl (C=O) groups excluding carboxylic acids is 2. The van der Waals surface area contributed by atoms with E-state index >= 15 is 0 Å². The number of nitrogens with zero attached hydrogens (tertiary/aromatic N) is 3. The van der Waals surface area contributed by atoms with Crippen LogP contribution in [-0.2, 0) is 25.9 Å². The zero-order valence-electron chi connectivity index (χ0n) is 29.6. The molecular weight excluding hydrogens is 608 g/mol. The molecule has 5 aliphatic rings. The van der Waals surface area contributed by atoms with Crippen LogP contribution >= 0.6 is 0 Å². The minimum absolute atomic E-state index is 0.188. The molecular formula is C41H54N6O2. The molecule has 4 aromatic rings. The smallest absolute Gasteiger partial charge is 0.253 e. The van der Waals surface area contributed by atoms with Crippen molar-refractivity contribution in [2.45, 2.75) is 97.2 Å². The van der Waals surface area contributed by atoms with Crippen LogP contribution in [0.5, 0.6) is 0 Å². The van der Waals surface area contributed by atoms with Crippen LogP contribution in [0.1, 0.15) is 108 Å². The molecule has 3 fully saturated rings. The van der Waals surface area contributed by atoms with E-state index in [2.05, 4.69) is 58.3 Å². The molecule has 3 N–H and O–H groups in total. The van der Waals surface area contributed by atoms with Crippen molar-refractivity contribution in [3.63, 3.8) is 0 Å². The standard InChI is InChI=1S/C23H31N3O.C18H23N3O/c1-16-8-11-25(12-9-16)23(27)17-6-7-21-19(14-17)20-15-26(13-10-22(20)24-21)18-4-2-3-5-18;1-12-5-8-21(9-6-12)18(22)13-2-3-16-14(10-13)15-11-19-7-4-17(15)20-16/h6-7,14,16,18,24H,2-5,8-13,15H2,1H3;2-3,10,12,19-20H,4-9,11H2,1H3. The van der Waals surface area contributed by atoms with Crippen LogP contribution in [0.4, 0.5) is 0 Å². The fraction of sp³-hybridized carbons (Fsp3) is 0.561. The number of H-pyrrole nitrogens is 2. The number of hydrogen-bond donors (Lipinski definition) is 3. The molecule has 0 radical (unpaired) electrons. The van der Waals surface area contributed by atoms with Crippen molar-refractivity contribution in [2.24, 2.45) is 11.8 Å². The topological polar surface area (TPSA) is 87.5 Å². The van der Waals surface area contributed by atoms with Crippen molar-refractivity contribution in [1.82, 2.24) is 30.0 Å². The van der Waals surface area contributed by atoms with E-state index in [1.807, 2.05) is 21.9 Å². The number of piperidine rings is 2. The molecule has 6 heterocycles. The lowest BCUT2D eigenvalue weighted by atomic mass is 9.98. The minimum Gasteiger partial charge on any atom is -0.358 e. The third-order valence-corrected chi connectivity index (χ3v) is 12.3. The highest BCUT2D eigenvalue weighted by Crippen LogP contribution is 2.33. The lowest BCUT2D eigenvalue weighted by molar-refractivity contribution is 0.0689. The zero-order valence-corrected chi connectivity index (χ0v) is 29.6. The second-order valence-corrected chi connectivity index (χ2v) is 15.7. The molecule has 8 heteroatoms. The number of likely N-dealkylation sites (tertiary alicyclic amines) is 2. The highest BCUT2D eigenvalue weighted by molar-refractivity contribution is 6.00. The van der Waals surface area contributed by atoms with Crippen molar-refractivity contribution in [1.29, 1.82) is 0 Å². The Morgan fingerprint density at radius 3 is 1.76 bits per heavy atom. The minimum atomic E-state index is 0.188. The maximum Gasteiger partial charge on any atom is 0.253 e. The quantitative estimate of drug-likeness (QED) is 0.220. The summed E-state index contributed by atoms with van der Waals surface area (Å²) in [6, 6.07) is 13.2. The van der Waals surface area contributed by atoms with Crippen LogP contribution in [-0.4, -0.2) is 81.8 Å². The fourth-order valence-electron chi connectivity index (χ4n) is 9.02. The van der Waals surface area contributed by atoms with Crippen molar-refractivity contribution in [3.8, 4) is 0 Å². The molecule has 1 aliphatic carbocycles. The van der Waals surface area contributed by atoms with Gasteiger partial charge in [0, 0.05) is 116 Å². The van der Waals surface area contributed by atoms with Crippen LogP contribution < -0.4 is 5.32 Å². The van der Waals surface area contributed by atoms with Gasteiger partial charge in [0.25, 0.3) is 11.8 Å². The van der Waals surface area contributed by atoms with E-state index in [-0.39, 0.29) is 11.8 Å². The Morgan fingerprint density at radius 1 is 0.653 bits per heavy atom. The second kappa shape index (κ2) is 13.9. The predicted molar refractivity (Wildman–Crippen MR) is 197 cm³/mol. The summed E-state index contributed by atoms with van der Waals surface area (Å²) in [5.41, 5.74) is 9.51. The Morgan fingerprint density at radius 2 is 1.18 bits per heavy atom. The molecule has 2 amide bonds. The van der Waals surface area contributed by atoms with Gasteiger partial charge in [-0.2, -0.15) is 0 Å². The molecule has 0 spiro atoms. The van der Waals surface area contributed by atoms with Gasteiger partial charge in [0.05, 0.1) is 0 Å². The third-order valence-electron chi connectivity index (χ3n) is 12.3. The summed E-state index contributed by atoms with van der Waals surface area (Å²) >= 11 is 0. The highest BCUT2D eigenvalue weighted by atomic mass is 16.2. The van der Waals surface area contributed by atoms with Crippen LogP contribution in [0, 0.1) is 11.8 Å². The maximum atomic E-state index is 13.0. The molecule has 8 nitrogen and oxygen atoms in total. The van der Waals surface area contributed by atoms with E-state index < -0.39 is 0 Å². The number of amides is 2. The molecule has 0 bridgehead atoms. The van der Waals surface area contributed by atoms with E-state index in [0.717, 1.165) is 119 Å². The maximum absolute atomic E-state index is 13.0. The van der Waals surface area contributed by atoms with Crippen LogP contribution in [0.2, 0.25) is 0 Å². The van der Waals surface area contributed by atoms with Gasteiger partial charge in [-0.1, -0.05) is 26.7 Å². The third kappa shape index (κ3) is 6.66. The molecule has 9 rings (SSSR count). The van der Waals surface area contributed by atoms with E-state index in [4.69, 9.17) is 0 Å². The van der Waals surface area contributed by atoms with E-state index in [1.54, 1.807) is 0 Å². The monoisotopic (exact) mass is 662 g/mol. The number of carbonyl (C=O) groups is 2. The van der Waals surface area contributed by atoms with Gasteiger partial charge in [0.2, 0.25) is 0 Å². The van der Waals surface area contributed by atoms with Gasteiger partial charge in [-0.25, -0.2) is 0 Å². The molecule has 2 aromatic carbocycles. The molecule has 4 aliphatic heterocycles. The molecule has 0 unspecified atom stereocenters. The summed E-state index contributed by atoms with van der Waals surface area (Å²) in [6.07, 6.45) is 12.1. The number of nitrogens with one attached hydrogen (secondary N) is 3. The largest absolute Gasteiger partial charge is 0.358 e. The number of rotatable bonds is 3. The van der Waals surface area contributed by atoms with Gasteiger partial charge >= 0.3 is 0 Å². The Hall–Kier alpha value is -3.62. The van der Waals surface area contributed by atoms with E-state index in [0.29, 0.717) is 0 Å². The molecule has 2 saturated heterocycles. The average Bonchev–Trinajstić information content (AvgIpc) is 3.89. The Balaban J connectivity index is 0.000000145. The first-order valence-electron chi connectivity index (χ1n) is 19.2. The Bertz CT molecular complexity index is 1820. The van der Waals surface area contributed by atoms with Crippen molar-refractivity contribution in [3.05, 3.63) is 70.0 Å². The number of hydrogen-bond acceptors (Lipinski definition) is 4. The molecule has 2 aromatic heterocycles. The summed E-state index contributed by atoms with van der Waals surface area (Å²) in [4.78, 5) is 39.6. The molecule has 49 heavy (non-hydrogen) atoms. The molecule has 1 saturated carbocycles. The van der Waals surface area contributed by atoms with Crippen molar-refractivity contribution in [2.75, 3.05) is 39.3 Å². The van der Waals surface area contributed by atoms with Crippen LogP contribution in [0.25, 0.3) is 21.8 Å². The van der Waals surface area contributed by atoms with Crippen LogP contribution in [0.3, 0.4) is 0 Å². The Kier molecular flexibility index (Phi) is 9.27. The first kappa shape index (κ1) is 32.6. The zero-order chi connectivity index (χ0) is 33.5. The van der Waals surface area contributed by atoms with Crippen molar-refractivity contribution >= 4 is 33.6 Å². The van der Waals surface area contributed by atoms with Crippen LogP contribution in [0.15, 0.2) is 36.4 Å². The summed E-state index contributed by atoms with van der Waals surface area (Å²) in [5, 5.41) is 5.90. The number of fused-ring (bicyclic) bond motifs is 6. The number of benzene rings is 2. The van der Waals surface area contributed by atoms with Gasteiger partial charge in [-0.05, 0) is 97.9 Å². The first-order chi connectivity index (χ1) is 23.9. The number of aromatic nitrogens is 2. The first-order valence-corrected chi connectivity index (χ1v) is 19.2. The predicted octanol–water partition coefficient (Wildman–Crippen LogP) is 7.03. The normalized spacial score (nSPS) is 21.1. The van der Waals surface area contributed by atoms with E-state index in [9.17, 15) is 9.59 Å². The second-order valence-electron chi connectivity index (χ2n) is 15.7. The fourth-order valence-corrected chi connectivity index (χ4v) is 9.02. The SMILES string of the molecule is CC1CCN(C(=O)c2ccc3[nH]c4c(c3c2)CN(C2CCCC2)CC4)CC1.CC1CCN(C(=O)c2ccc3[nH]c4c(c3c2)CNCC4)CC1. The summed E-state index contributed by atoms with van der Waals surface area (Å²) in [5.74, 6) is 1.89. The van der Waals surface area contributed by atoms with Gasteiger partial charge in [0.15, 0.2) is 0 Å². The molecule has 260 valence electrons. The highest BCUT2D eigenvalue weighted by Gasteiger charge is 2.29. The number of aromatic amines is 2. The summed E-state index contributed by atoms with van der Waals surface area (Å²) in [6.45, 7) is 12.3. The molecule has 0 atom stereocenters. The van der Waals surface area contributed by atoms with Gasteiger partial charge in [-0.3, -0.25) is 14.5 Å². The lowest BCUT2D eigenvalue weighted by Gasteiger charge is -2.32. The Labute approximate surface area is 291 Å². The van der Waals surface area contributed by atoms with Gasteiger partial charge in [0.1, 0.15) is 0 Å². The summed E-state index contributed by atoms with van der Waals surface area (Å²) < 4.78 is 0. The lowest BCUT2D eigenvalue weighted by Crippen LogP contribution is -2.38. The van der Waals surface area contributed by atoms with Gasteiger partial charge < -0.3 is 25.1 Å². The van der Waals surface area contributed by atoms with E-state index in [1.165, 1.54) is 71.0 Å².